The van der Waals surface area contributed by atoms with E-state index in [0.29, 0.717) is 12.1 Å². The van der Waals surface area contributed by atoms with Gasteiger partial charge in [0.15, 0.2) is 0 Å². The topological polar surface area (TPSA) is 57.3 Å². The molecule has 0 aliphatic heterocycles. The van der Waals surface area contributed by atoms with Crippen LogP contribution in [0.3, 0.4) is 0 Å². The van der Waals surface area contributed by atoms with Crippen molar-refractivity contribution in [3.05, 3.63) is 52.6 Å². The van der Waals surface area contributed by atoms with Gasteiger partial charge in [-0.1, -0.05) is 28.1 Å². The maximum Gasteiger partial charge on any atom is 0.228 e. The van der Waals surface area contributed by atoms with Gasteiger partial charge in [0, 0.05) is 17.6 Å². The van der Waals surface area contributed by atoms with Crippen molar-refractivity contribution in [2.75, 3.05) is 37.8 Å². The lowest BCUT2D eigenvalue weighted by molar-refractivity contribution is -0.115. The van der Waals surface area contributed by atoms with Gasteiger partial charge < -0.3 is 15.5 Å². The van der Waals surface area contributed by atoms with Crippen LogP contribution >= 0.6 is 15.9 Å². The predicted molar refractivity (Wildman–Crippen MR) is 97.8 cm³/mol. The van der Waals surface area contributed by atoms with Crippen LogP contribution in [-0.2, 0) is 11.2 Å². The number of hydrogen-bond donors (Lipinski definition) is 2. The van der Waals surface area contributed by atoms with Crippen LogP contribution in [0, 0.1) is 0 Å². The Hall–Kier alpha value is -1.92. The Morgan fingerprint density at radius 2 is 2.09 bits per heavy atom. The van der Waals surface area contributed by atoms with Crippen LogP contribution in [0.2, 0.25) is 0 Å². The first-order chi connectivity index (χ1) is 11.0. The number of halogens is 1. The molecule has 0 saturated carbocycles. The molecular weight excluding hydrogens is 356 g/mol. The molecule has 122 valence electrons. The second-order valence-corrected chi connectivity index (χ2v) is 6.43. The van der Waals surface area contributed by atoms with Crippen molar-refractivity contribution in [3.8, 4) is 0 Å². The van der Waals surface area contributed by atoms with Gasteiger partial charge in [0.2, 0.25) is 5.91 Å². The van der Waals surface area contributed by atoms with E-state index in [1.165, 1.54) is 0 Å². The molecule has 0 spiro atoms. The second-order valence-electron chi connectivity index (χ2n) is 5.52. The van der Waals surface area contributed by atoms with E-state index in [4.69, 9.17) is 0 Å². The molecule has 0 aliphatic rings. The number of rotatable bonds is 7. The minimum absolute atomic E-state index is 0.0572. The standard InChI is InChI=1S/C17H21BrN4O/c1-22(2)9-8-19-16-7-6-15(12-20-16)21-17(23)11-13-4-3-5-14(18)10-13/h3-7,10,12H,8-9,11H2,1-2H3,(H,19,20)(H,21,23). The Balaban J connectivity index is 1.84. The molecule has 23 heavy (non-hydrogen) atoms. The van der Waals surface area contributed by atoms with Gasteiger partial charge in [-0.2, -0.15) is 0 Å². The molecule has 1 aromatic carbocycles. The number of nitrogens with one attached hydrogen (secondary N) is 2. The number of anilines is 2. The van der Waals surface area contributed by atoms with Gasteiger partial charge >= 0.3 is 0 Å². The third kappa shape index (κ3) is 6.38. The molecule has 0 unspecified atom stereocenters. The first-order valence-electron chi connectivity index (χ1n) is 7.42. The van der Waals surface area contributed by atoms with E-state index >= 15 is 0 Å². The molecule has 0 atom stereocenters. The van der Waals surface area contributed by atoms with Crippen LogP contribution in [0.15, 0.2) is 47.1 Å². The van der Waals surface area contributed by atoms with Crippen LogP contribution in [0.4, 0.5) is 11.5 Å². The molecule has 0 saturated heterocycles. The lowest BCUT2D eigenvalue weighted by Crippen LogP contribution is -2.21. The Morgan fingerprint density at radius 1 is 1.26 bits per heavy atom. The van der Waals surface area contributed by atoms with E-state index in [-0.39, 0.29) is 5.91 Å². The molecule has 2 rings (SSSR count). The smallest absolute Gasteiger partial charge is 0.228 e. The van der Waals surface area contributed by atoms with Gasteiger partial charge in [0.25, 0.3) is 0 Å². The van der Waals surface area contributed by atoms with Gasteiger partial charge in [0.05, 0.1) is 18.3 Å². The van der Waals surface area contributed by atoms with Gasteiger partial charge in [-0.3, -0.25) is 4.79 Å². The minimum atomic E-state index is -0.0572. The van der Waals surface area contributed by atoms with Crippen LogP contribution in [-0.4, -0.2) is 43.0 Å². The van der Waals surface area contributed by atoms with E-state index < -0.39 is 0 Å². The fraction of sp³-hybridized carbons (Fsp3) is 0.294. The number of likely N-dealkylation sites (N-methyl/N-ethyl adjacent to an activating group) is 1. The second kappa shape index (κ2) is 8.64. The molecule has 1 heterocycles. The van der Waals surface area contributed by atoms with Crippen molar-refractivity contribution in [1.82, 2.24) is 9.88 Å². The molecule has 1 aromatic heterocycles. The number of carbonyl (C=O) groups excluding carboxylic acids is 1. The maximum atomic E-state index is 12.0. The monoisotopic (exact) mass is 376 g/mol. The zero-order valence-electron chi connectivity index (χ0n) is 13.3. The van der Waals surface area contributed by atoms with Crippen LogP contribution in [0.5, 0.6) is 0 Å². The molecule has 1 amide bonds. The third-order valence-electron chi connectivity index (χ3n) is 3.17. The van der Waals surface area contributed by atoms with Crippen molar-refractivity contribution in [1.29, 1.82) is 0 Å². The number of nitrogens with zero attached hydrogens (tertiary/aromatic N) is 2. The molecule has 2 N–H and O–H groups in total. The molecule has 5 nitrogen and oxygen atoms in total. The van der Waals surface area contributed by atoms with Gasteiger partial charge in [-0.15, -0.1) is 0 Å². The van der Waals surface area contributed by atoms with E-state index in [1.54, 1.807) is 6.20 Å². The zero-order chi connectivity index (χ0) is 16.7. The summed E-state index contributed by atoms with van der Waals surface area (Å²) in [6, 6.07) is 11.4. The van der Waals surface area contributed by atoms with Gasteiger partial charge in [-0.25, -0.2) is 4.98 Å². The highest BCUT2D eigenvalue weighted by Crippen LogP contribution is 2.14. The summed E-state index contributed by atoms with van der Waals surface area (Å²) in [5, 5.41) is 6.09. The minimum Gasteiger partial charge on any atom is -0.369 e. The van der Waals surface area contributed by atoms with Crippen LogP contribution in [0.25, 0.3) is 0 Å². The number of hydrogen-bond acceptors (Lipinski definition) is 4. The first-order valence-corrected chi connectivity index (χ1v) is 8.21. The Bertz CT molecular complexity index is 643. The molecule has 6 heteroatoms. The van der Waals surface area contributed by atoms with E-state index in [0.717, 1.165) is 28.9 Å². The van der Waals surface area contributed by atoms with Crippen molar-refractivity contribution in [3.63, 3.8) is 0 Å². The summed E-state index contributed by atoms with van der Waals surface area (Å²) in [6.45, 7) is 1.77. The van der Waals surface area contributed by atoms with E-state index in [2.05, 4.69) is 36.4 Å². The number of benzene rings is 1. The average Bonchev–Trinajstić information content (AvgIpc) is 2.48. The Kier molecular flexibility index (Phi) is 6.55. The van der Waals surface area contributed by atoms with Crippen LogP contribution < -0.4 is 10.6 Å². The summed E-state index contributed by atoms with van der Waals surface area (Å²) in [4.78, 5) is 18.4. The maximum absolute atomic E-state index is 12.0. The van der Waals surface area contributed by atoms with Crippen molar-refractivity contribution in [2.45, 2.75) is 6.42 Å². The fourth-order valence-corrected chi connectivity index (χ4v) is 2.46. The van der Waals surface area contributed by atoms with Crippen molar-refractivity contribution < 1.29 is 4.79 Å². The largest absolute Gasteiger partial charge is 0.369 e. The fourth-order valence-electron chi connectivity index (χ4n) is 2.02. The molecule has 0 aliphatic carbocycles. The van der Waals surface area contributed by atoms with Crippen molar-refractivity contribution >= 4 is 33.3 Å². The SMILES string of the molecule is CN(C)CCNc1ccc(NC(=O)Cc2cccc(Br)c2)cn1. The third-order valence-corrected chi connectivity index (χ3v) is 3.66. The lowest BCUT2D eigenvalue weighted by Gasteiger charge is -2.11. The number of carbonyl (C=O) groups is 1. The summed E-state index contributed by atoms with van der Waals surface area (Å²) in [5.74, 6) is 0.745. The highest BCUT2D eigenvalue weighted by atomic mass is 79.9. The molecule has 0 radical (unpaired) electrons. The zero-order valence-corrected chi connectivity index (χ0v) is 14.9. The summed E-state index contributed by atoms with van der Waals surface area (Å²) in [5.41, 5.74) is 1.66. The quantitative estimate of drug-likeness (QED) is 0.779. The van der Waals surface area contributed by atoms with Gasteiger partial charge in [0.1, 0.15) is 5.82 Å². The molecular formula is C17H21BrN4O. The van der Waals surface area contributed by atoms with E-state index in [1.807, 2.05) is 50.5 Å². The summed E-state index contributed by atoms with van der Waals surface area (Å²) in [7, 11) is 4.05. The summed E-state index contributed by atoms with van der Waals surface area (Å²) < 4.78 is 0.970. The number of pyridine rings is 1. The molecule has 0 fully saturated rings. The van der Waals surface area contributed by atoms with Crippen LogP contribution in [0.1, 0.15) is 5.56 Å². The van der Waals surface area contributed by atoms with Crippen molar-refractivity contribution in [2.24, 2.45) is 0 Å². The highest BCUT2D eigenvalue weighted by molar-refractivity contribution is 9.10. The summed E-state index contributed by atoms with van der Waals surface area (Å²) in [6.07, 6.45) is 2.00. The first kappa shape index (κ1) is 17.4. The highest BCUT2D eigenvalue weighted by Gasteiger charge is 2.05. The lowest BCUT2D eigenvalue weighted by atomic mass is 10.1. The van der Waals surface area contributed by atoms with Gasteiger partial charge in [-0.05, 0) is 43.9 Å². The predicted octanol–water partition coefficient (Wildman–Crippen LogP) is 3.00. The molecule has 2 aromatic rings. The normalized spacial score (nSPS) is 10.6. The Morgan fingerprint density at radius 3 is 2.74 bits per heavy atom. The van der Waals surface area contributed by atoms with E-state index in [9.17, 15) is 4.79 Å². The number of amides is 1. The Labute approximate surface area is 145 Å². The average molecular weight is 377 g/mol. The number of aromatic nitrogens is 1. The summed E-state index contributed by atoms with van der Waals surface area (Å²) >= 11 is 3.40. The molecule has 0 bridgehead atoms.